The number of aromatic amines is 2. The molecule has 0 amide bonds. The Morgan fingerprint density at radius 2 is 1.76 bits per heavy atom. The molecule has 0 radical (unpaired) electrons. The third-order valence-electron chi connectivity index (χ3n) is 3.56. The Kier molecular flexibility index (Phi) is 4.51. The first-order valence-electron chi connectivity index (χ1n) is 7.42. The van der Waals surface area contributed by atoms with Gasteiger partial charge in [-0.2, -0.15) is 5.11 Å². The average Bonchev–Trinajstić information content (AvgIpc) is 3.00. The van der Waals surface area contributed by atoms with Crippen LogP contribution in [0.15, 0.2) is 57.5 Å². The average molecular weight is 339 g/mol. The second-order valence-electron chi connectivity index (χ2n) is 5.17. The highest BCUT2D eigenvalue weighted by atomic mass is 16.5. The molecule has 4 N–H and O–H groups in total. The van der Waals surface area contributed by atoms with Crippen molar-refractivity contribution in [3.8, 4) is 22.8 Å². The minimum Gasteiger partial charge on any atom is -0.493 e. The van der Waals surface area contributed by atoms with Crippen LogP contribution in [-0.4, -0.2) is 24.4 Å². The lowest BCUT2D eigenvalue weighted by atomic mass is 10.1. The van der Waals surface area contributed by atoms with Crippen molar-refractivity contribution in [3.63, 3.8) is 0 Å². The molecule has 0 saturated heterocycles. The van der Waals surface area contributed by atoms with Crippen LogP contribution in [-0.2, 0) is 0 Å². The van der Waals surface area contributed by atoms with Gasteiger partial charge in [-0.3, -0.25) is 15.0 Å². The van der Waals surface area contributed by atoms with Crippen LogP contribution < -0.4 is 20.8 Å². The third kappa shape index (κ3) is 3.37. The third-order valence-corrected chi connectivity index (χ3v) is 3.56. The lowest BCUT2D eigenvalue weighted by molar-refractivity contribution is 0.355. The maximum absolute atomic E-state index is 12.0. The quantitative estimate of drug-likeness (QED) is 0.488. The predicted octanol–water partition coefficient (Wildman–Crippen LogP) is 3.38. The molecule has 3 aromatic rings. The first-order chi connectivity index (χ1) is 12.1. The fraction of sp³-hybridized carbons (Fsp3) is 0.118. The summed E-state index contributed by atoms with van der Waals surface area (Å²) in [6.07, 6.45) is 0. The van der Waals surface area contributed by atoms with Crippen LogP contribution in [0.3, 0.4) is 0 Å². The van der Waals surface area contributed by atoms with E-state index in [1.165, 1.54) is 7.11 Å². The van der Waals surface area contributed by atoms with Crippen LogP contribution in [0.25, 0.3) is 11.3 Å². The summed E-state index contributed by atoms with van der Waals surface area (Å²) in [7, 11) is 3.09. The number of hydrogen-bond acceptors (Lipinski definition) is 6. The van der Waals surface area contributed by atoms with E-state index in [4.69, 9.17) is 15.2 Å². The molecule has 1 aromatic heterocycles. The molecule has 0 aliphatic heterocycles. The zero-order valence-electron chi connectivity index (χ0n) is 13.7. The molecule has 0 atom stereocenters. The van der Waals surface area contributed by atoms with Crippen LogP contribution in [0.1, 0.15) is 0 Å². The van der Waals surface area contributed by atoms with Crippen LogP contribution in [0, 0.1) is 0 Å². The van der Waals surface area contributed by atoms with E-state index < -0.39 is 0 Å². The Morgan fingerprint density at radius 3 is 2.48 bits per heavy atom. The highest BCUT2D eigenvalue weighted by molar-refractivity contribution is 5.73. The van der Waals surface area contributed by atoms with E-state index in [0.717, 1.165) is 5.56 Å². The van der Waals surface area contributed by atoms with E-state index in [1.807, 2.05) is 6.07 Å². The number of rotatable bonds is 5. The predicted molar refractivity (Wildman–Crippen MR) is 95.0 cm³/mol. The molecule has 0 aliphatic rings. The zero-order chi connectivity index (χ0) is 17.8. The lowest BCUT2D eigenvalue weighted by Gasteiger charge is -2.06. The first-order valence-corrected chi connectivity index (χ1v) is 7.42. The van der Waals surface area contributed by atoms with Crippen molar-refractivity contribution in [3.05, 3.63) is 52.8 Å². The summed E-state index contributed by atoms with van der Waals surface area (Å²) in [5.41, 5.74) is 7.95. The number of hydrogen-bond donors (Lipinski definition) is 3. The van der Waals surface area contributed by atoms with Gasteiger partial charge in [0.1, 0.15) is 0 Å². The molecule has 2 aromatic carbocycles. The second kappa shape index (κ2) is 6.91. The van der Waals surface area contributed by atoms with Crippen LogP contribution in [0.2, 0.25) is 0 Å². The maximum Gasteiger partial charge on any atom is 0.292 e. The first kappa shape index (κ1) is 16.3. The van der Waals surface area contributed by atoms with Gasteiger partial charge in [-0.1, -0.05) is 12.1 Å². The minimum atomic E-state index is -0.373. The summed E-state index contributed by atoms with van der Waals surface area (Å²) in [5.74, 6) is 1.11. The van der Waals surface area contributed by atoms with Crippen molar-refractivity contribution in [1.29, 1.82) is 0 Å². The number of methoxy groups -OCH3 is 2. The van der Waals surface area contributed by atoms with Crippen LogP contribution >= 0.6 is 0 Å². The van der Waals surface area contributed by atoms with Crippen molar-refractivity contribution >= 4 is 17.1 Å². The maximum atomic E-state index is 12.0. The van der Waals surface area contributed by atoms with Crippen LogP contribution in [0.5, 0.6) is 11.5 Å². The number of ether oxygens (including phenoxy) is 2. The number of benzene rings is 2. The number of nitrogens with zero attached hydrogens (tertiary/aromatic N) is 2. The van der Waals surface area contributed by atoms with Gasteiger partial charge in [0.05, 0.1) is 25.6 Å². The van der Waals surface area contributed by atoms with Gasteiger partial charge in [0.15, 0.2) is 17.2 Å². The van der Waals surface area contributed by atoms with Crippen molar-refractivity contribution in [1.82, 2.24) is 10.2 Å². The number of azo groups is 1. The number of aromatic nitrogens is 2. The van der Waals surface area contributed by atoms with E-state index in [-0.39, 0.29) is 11.2 Å². The number of anilines is 1. The molecule has 8 nitrogen and oxygen atoms in total. The van der Waals surface area contributed by atoms with Gasteiger partial charge in [0.25, 0.3) is 5.56 Å². The Hall–Kier alpha value is -3.55. The fourth-order valence-electron chi connectivity index (χ4n) is 2.34. The van der Waals surface area contributed by atoms with E-state index in [0.29, 0.717) is 28.6 Å². The summed E-state index contributed by atoms with van der Waals surface area (Å²) in [5, 5.41) is 13.5. The molecule has 0 fully saturated rings. The molecule has 0 aliphatic carbocycles. The zero-order valence-corrected chi connectivity index (χ0v) is 13.7. The van der Waals surface area contributed by atoms with E-state index >= 15 is 0 Å². The normalized spacial score (nSPS) is 11.0. The molecule has 0 spiro atoms. The fourth-order valence-corrected chi connectivity index (χ4v) is 2.34. The van der Waals surface area contributed by atoms with Crippen LogP contribution in [0.4, 0.5) is 17.1 Å². The summed E-state index contributed by atoms with van der Waals surface area (Å²) < 4.78 is 10.4. The summed E-state index contributed by atoms with van der Waals surface area (Å²) in [6, 6.07) is 12.2. The molecule has 128 valence electrons. The van der Waals surface area contributed by atoms with Crippen molar-refractivity contribution in [2.24, 2.45) is 10.2 Å². The van der Waals surface area contributed by atoms with Crippen molar-refractivity contribution in [2.75, 3.05) is 20.0 Å². The molecular formula is C17H17N5O3. The standard InChI is InChI=1S/C17H17N5O3/c1-24-13-7-6-12(9-14(13)25-2)19-21-16-15(20-22-17(16)23)10-4-3-5-11(18)8-10/h3-9H,18H2,1-2H3,(H2,20,22,23). The Balaban J connectivity index is 1.97. The summed E-state index contributed by atoms with van der Waals surface area (Å²) >= 11 is 0. The van der Waals surface area contributed by atoms with Gasteiger partial charge in [0, 0.05) is 17.3 Å². The van der Waals surface area contributed by atoms with Crippen molar-refractivity contribution in [2.45, 2.75) is 0 Å². The second-order valence-corrected chi connectivity index (χ2v) is 5.17. The highest BCUT2D eigenvalue weighted by Gasteiger charge is 2.12. The van der Waals surface area contributed by atoms with Gasteiger partial charge in [-0.25, -0.2) is 0 Å². The van der Waals surface area contributed by atoms with E-state index in [2.05, 4.69) is 20.4 Å². The molecule has 0 unspecified atom stereocenters. The summed E-state index contributed by atoms with van der Waals surface area (Å²) in [6.45, 7) is 0. The molecule has 8 heteroatoms. The Bertz CT molecular complexity index is 974. The van der Waals surface area contributed by atoms with Crippen molar-refractivity contribution < 1.29 is 9.47 Å². The topological polar surface area (TPSA) is 118 Å². The number of nitrogens with one attached hydrogen (secondary N) is 2. The molecular weight excluding hydrogens is 322 g/mol. The number of nitrogens with two attached hydrogens (primary N) is 1. The van der Waals surface area contributed by atoms with Gasteiger partial charge < -0.3 is 15.2 Å². The minimum absolute atomic E-state index is 0.167. The number of H-pyrrole nitrogens is 2. The van der Waals surface area contributed by atoms with E-state index in [1.54, 1.807) is 43.5 Å². The Morgan fingerprint density at radius 1 is 0.960 bits per heavy atom. The van der Waals surface area contributed by atoms with Gasteiger partial charge in [-0.15, -0.1) is 5.11 Å². The summed E-state index contributed by atoms with van der Waals surface area (Å²) in [4.78, 5) is 12.0. The number of nitrogen functional groups attached to an aromatic ring is 1. The molecule has 25 heavy (non-hydrogen) atoms. The smallest absolute Gasteiger partial charge is 0.292 e. The van der Waals surface area contributed by atoms with Gasteiger partial charge in [-0.05, 0) is 24.3 Å². The van der Waals surface area contributed by atoms with Gasteiger partial charge >= 0.3 is 0 Å². The SMILES string of the molecule is COc1ccc(N=Nc2c(-c3cccc(N)c3)[nH][nH]c2=O)cc1OC. The molecule has 0 bridgehead atoms. The highest BCUT2D eigenvalue weighted by Crippen LogP contribution is 2.32. The van der Waals surface area contributed by atoms with Gasteiger partial charge in [0.2, 0.25) is 0 Å². The largest absolute Gasteiger partial charge is 0.493 e. The lowest BCUT2D eigenvalue weighted by Crippen LogP contribution is -1.96. The van der Waals surface area contributed by atoms with E-state index in [9.17, 15) is 4.79 Å². The monoisotopic (exact) mass is 339 g/mol. The Labute approximate surface area is 143 Å². The molecule has 1 heterocycles. The molecule has 0 saturated carbocycles. The molecule has 3 rings (SSSR count).